The van der Waals surface area contributed by atoms with Gasteiger partial charge in [-0.2, -0.15) is 31.6 Å². The Morgan fingerprint density at radius 2 is 1.75 bits per heavy atom. The summed E-state index contributed by atoms with van der Waals surface area (Å²) in [6.45, 7) is 1.93. The lowest BCUT2D eigenvalue weighted by molar-refractivity contribution is -0.337. The van der Waals surface area contributed by atoms with Gasteiger partial charge in [-0.3, -0.25) is 4.90 Å². The summed E-state index contributed by atoms with van der Waals surface area (Å²) in [6.07, 6.45) is -10.7. The zero-order valence-electron chi connectivity index (χ0n) is 14.4. The normalized spacial score (nSPS) is 21.8. The van der Waals surface area contributed by atoms with Gasteiger partial charge in [-0.1, -0.05) is 24.6 Å². The highest BCUT2D eigenvalue weighted by Gasteiger charge is 2.77. The standard InChI is InChI=1S/C17H13ClF7N3/c1-3-13-8(2)15(16(20,21)22,17(23,24)25)10(7-26)14(27)28(13)9-4-5-12(19)11(18)6-9/h3-6,8H,27H2,1-2H3/b13-3+/t8-/m1/s1. The number of hydrogen-bond donors (Lipinski definition) is 1. The fourth-order valence-electron chi connectivity index (χ4n) is 3.46. The molecule has 0 amide bonds. The molecule has 0 saturated heterocycles. The molecule has 0 fully saturated rings. The summed E-state index contributed by atoms with van der Waals surface area (Å²) in [4.78, 5) is 0.838. The van der Waals surface area contributed by atoms with Gasteiger partial charge in [0.15, 0.2) is 0 Å². The maximum atomic E-state index is 13.8. The lowest BCUT2D eigenvalue weighted by atomic mass is 9.65. The number of halogens is 8. The first kappa shape index (κ1) is 21.9. The Labute approximate surface area is 160 Å². The van der Waals surface area contributed by atoms with E-state index in [1.165, 1.54) is 6.92 Å². The molecule has 2 rings (SSSR count). The highest BCUT2D eigenvalue weighted by molar-refractivity contribution is 6.31. The second kappa shape index (κ2) is 6.88. The number of nitrogens with zero attached hydrogens (tertiary/aromatic N) is 2. The Morgan fingerprint density at radius 3 is 2.14 bits per heavy atom. The molecule has 0 spiro atoms. The second-order valence-corrected chi connectivity index (χ2v) is 6.45. The Kier molecular flexibility index (Phi) is 5.38. The van der Waals surface area contributed by atoms with E-state index in [9.17, 15) is 36.0 Å². The zero-order chi connectivity index (χ0) is 21.7. The molecule has 28 heavy (non-hydrogen) atoms. The third kappa shape index (κ3) is 2.89. The minimum Gasteiger partial charge on any atom is -0.384 e. The number of benzene rings is 1. The Bertz CT molecular complexity index is 879. The van der Waals surface area contributed by atoms with Crippen molar-refractivity contribution in [3.8, 4) is 6.07 Å². The SMILES string of the molecule is C/C=C1\[C@@H](C)C(C(F)(F)F)(C(F)(F)F)C(C#N)=C(N)N1c1ccc(F)c(Cl)c1. The molecule has 0 radical (unpaired) electrons. The largest absolute Gasteiger partial charge is 0.408 e. The van der Waals surface area contributed by atoms with Crippen LogP contribution in [0.2, 0.25) is 5.02 Å². The van der Waals surface area contributed by atoms with E-state index in [-0.39, 0.29) is 5.69 Å². The zero-order valence-corrected chi connectivity index (χ0v) is 15.1. The van der Waals surface area contributed by atoms with Crippen molar-refractivity contribution in [1.82, 2.24) is 0 Å². The Balaban J connectivity index is 2.96. The number of nitrogens with two attached hydrogens (primary N) is 1. The first-order valence-corrected chi connectivity index (χ1v) is 8.08. The molecule has 1 heterocycles. The molecule has 1 aliphatic rings. The molecule has 1 aliphatic heterocycles. The van der Waals surface area contributed by atoms with Gasteiger partial charge < -0.3 is 5.73 Å². The average molecular weight is 428 g/mol. The van der Waals surface area contributed by atoms with Gasteiger partial charge >= 0.3 is 12.4 Å². The maximum absolute atomic E-state index is 13.8. The topological polar surface area (TPSA) is 53.1 Å². The molecule has 0 aliphatic carbocycles. The van der Waals surface area contributed by atoms with Crippen molar-refractivity contribution in [2.45, 2.75) is 26.2 Å². The molecule has 0 bridgehead atoms. The molecule has 1 atom stereocenters. The molecular formula is C17H13ClF7N3. The molecule has 0 unspecified atom stereocenters. The predicted molar refractivity (Wildman–Crippen MR) is 88.2 cm³/mol. The lowest BCUT2D eigenvalue weighted by Gasteiger charge is -2.49. The van der Waals surface area contributed by atoms with E-state index in [2.05, 4.69) is 0 Å². The van der Waals surface area contributed by atoms with Crippen LogP contribution in [0.5, 0.6) is 0 Å². The summed E-state index contributed by atoms with van der Waals surface area (Å²) in [6, 6.07) is 3.94. The molecule has 1 aromatic rings. The highest BCUT2D eigenvalue weighted by atomic mass is 35.5. The average Bonchev–Trinajstić information content (AvgIpc) is 2.56. The minimum absolute atomic E-state index is 0.0884. The van der Waals surface area contributed by atoms with Crippen molar-refractivity contribution in [2.75, 3.05) is 4.90 Å². The first-order valence-electron chi connectivity index (χ1n) is 7.70. The van der Waals surface area contributed by atoms with E-state index in [1.807, 2.05) is 0 Å². The maximum Gasteiger partial charge on any atom is 0.408 e. The molecule has 11 heteroatoms. The highest BCUT2D eigenvalue weighted by Crippen LogP contribution is 2.63. The summed E-state index contributed by atoms with van der Waals surface area (Å²) in [7, 11) is 0. The van der Waals surface area contributed by atoms with Gasteiger partial charge in [0.25, 0.3) is 0 Å². The van der Waals surface area contributed by atoms with Gasteiger partial charge in [0, 0.05) is 17.3 Å². The molecule has 1 aromatic carbocycles. The van der Waals surface area contributed by atoms with Crippen LogP contribution in [0.25, 0.3) is 0 Å². The van der Waals surface area contributed by atoms with E-state index in [1.54, 1.807) is 0 Å². The van der Waals surface area contributed by atoms with E-state index < -0.39 is 51.6 Å². The van der Waals surface area contributed by atoms with Crippen molar-refractivity contribution in [3.63, 3.8) is 0 Å². The van der Waals surface area contributed by atoms with E-state index >= 15 is 0 Å². The van der Waals surface area contributed by atoms with Crippen LogP contribution in [-0.4, -0.2) is 12.4 Å². The molecule has 0 aromatic heterocycles. The van der Waals surface area contributed by atoms with Crippen LogP contribution in [0.15, 0.2) is 41.4 Å². The fourth-order valence-corrected chi connectivity index (χ4v) is 3.63. The van der Waals surface area contributed by atoms with Gasteiger partial charge in [0.1, 0.15) is 11.6 Å². The van der Waals surface area contributed by atoms with Crippen LogP contribution in [0.3, 0.4) is 0 Å². The summed E-state index contributed by atoms with van der Waals surface area (Å²) in [5.41, 5.74) is -1.08. The van der Waals surface area contributed by atoms with Crippen LogP contribution in [0, 0.1) is 28.5 Å². The number of allylic oxidation sites excluding steroid dienone is 3. The molecule has 0 saturated carbocycles. The van der Waals surface area contributed by atoms with Crippen molar-refractivity contribution < 1.29 is 30.7 Å². The van der Waals surface area contributed by atoms with Crippen molar-refractivity contribution >= 4 is 17.3 Å². The lowest BCUT2D eigenvalue weighted by Crippen LogP contribution is -2.60. The minimum atomic E-state index is -5.86. The van der Waals surface area contributed by atoms with Crippen LogP contribution >= 0.6 is 11.6 Å². The smallest absolute Gasteiger partial charge is 0.384 e. The number of anilines is 1. The second-order valence-electron chi connectivity index (χ2n) is 6.04. The van der Waals surface area contributed by atoms with E-state index in [4.69, 9.17) is 17.3 Å². The summed E-state index contributed by atoms with van der Waals surface area (Å²) >= 11 is 5.68. The molecule has 3 nitrogen and oxygen atoms in total. The van der Waals surface area contributed by atoms with Gasteiger partial charge in [-0.25, -0.2) is 4.39 Å². The number of rotatable bonds is 1. The summed E-state index contributed by atoms with van der Waals surface area (Å²) in [5.74, 6) is -4.17. The summed E-state index contributed by atoms with van der Waals surface area (Å²) in [5, 5.41) is 8.82. The van der Waals surface area contributed by atoms with Gasteiger partial charge in [-0.15, -0.1) is 0 Å². The number of alkyl halides is 6. The molecule has 2 N–H and O–H groups in total. The van der Waals surface area contributed by atoms with Crippen molar-refractivity contribution in [3.05, 3.63) is 52.2 Å². The van der Waals surface area contributed by atoms with E-state index in [0.29, 0.717) is 6.92 Å². The van der Waals surface area contributed by atoms with Crippen LogP contribution in [0.4, 0.5) is 36.4 Å². The Hall–Kier alpha value is -2.41. The third-order valence-corrected chi connectivity index (χ3v) is 5.00. The van der Waals surface area contributed by atoms with Gasteiger partial charge in [-0.05, 0) is 25.1 Å². The van der Waals surface area contributed by atoms with E-state index in [0.717, 1.165) is 35.2 Å². The molecule has 152 valence electrons. The number of nitriles is 1. The quantitative estimate of drug-likeness (QED) is 0.590. The number of hydrogen-bond acceptors (Lipinski definition) is 3. The van der Waals surface area contributed by atoms with Crippen molar-refractivity contribution in [2.24, 2.45) is 17.1 Å². The van der Waals surface area contributed by atoms with Gasteiger partial charge in [0.05, 0.1) is 16.7 Å². The van der Waals surface area contributed by atoms with Gasteiger partial charge in [0.2, 0.25) is 5.41 Å². The fraction of sp³-hybridized carbons (Fsp3) is 0.353. The first-order chi connectivity index (χ1) is 12.8. The summed E-state index contributed by atoms with van der Waals surface area (Å²) < 4.78 is 96.4. The monoisotopic (exact) mass is 427 g/mol. The van der Waals surface area contributed by atoms with Crippen molar-refractivity contribution in [1.29, 1.82) is 5.26 Å². The van der Waals surface area contributed by atoms with Crippen LogP contribution in [0.1, 0.15) is 13.8 Å². The Morgan fingerprint density at radius 1 is 1.21 bits per heavy atom. The predicted octanol–water partition coefficient (Wildman–Crippen LogP) is 5.64. The van der Waals surface area contributed by atoms with Crippen LogP contribution < -0.4 is 10.6 Å². The van der Waals surface area contributed by atoms with Crippen LogP contribution in [-0.2, 0) is 0 Å². The molecular weight excluding hydrogens is 415 g/mol. The third-order valence-electron chi connectivity index (χ3n) is 4.71.